The number of carbonyl (C=O) groups is 1. The molecular weight excluding hydrogens is 282 g/mol. The molecule has 0 atom stereocenters. The molecular formula is C17H25NO2S. The summed E-state index contributed by atoms with van der Waals surface area (Å²) in [6.45, 7) is 4.22. The molecule has 4 heteroatoms. The molecule has 3 nitrogen and oxygen atoms in total. The largest absolute Gasteiger partial charge is 0.388 e. The second-order valence-electron chi connectivity index (χ2n) is 5.78. The second-order valence-corrected chi connectivity index (χ2v) is 6.83. The molecule has 1 aliphatic carbocycles. The van der Waals surface area contributed by atoms with Crippen molar-refractivity contribution in [2.75, 3.05) is 12.3 Å². The van der Waals surface area contributed by atoms with Gasteiger partial charge in [-0.2, -0.15) is 0 Å². The van der Waals surface area contributed by atoms with Gasteiger partial charge >= 0.3 is 0 Å². The lowest BCUT2D eigenvalue weighted by atomic mass is 9.98. The van der Waals surface area contributed by atoms with E-state index in [1.54, 1.807) is 11.8 Å². The molecule has 0 fully saturated rings. The van der Waals surface area contributed by atoms with Crippen LogP contribution in [0.2, 0.25) is 0 Å². The normalized spacial score (nSPS) is 14.0. The molecule has 2 rings (SSSR count). The molecule has 0 saturated heterocycles. The van der Waals surface area contributed by atoms with Gasteiger partial charge in [0.1, 0.15) is 0 Å². The van der Waals surface area contributed by atoms with Crippen molar-refractivity contribution in [3.63, 3.8) is 0 Å². The zero-order chi connectivity index (χ0) is 15.3. The van der Waals surface area contributed by atoms with Crippen LogP contribution in [0.5, 0.6) is 0 Å². The molecule has 1 aliphatic rings. The molecule has 1 amide bonds. The SMILES string of the molecule is CCC(O)(CC)CNC(=O)CSc1ccc2c(c1)CCC2. The zero-order valence-electron chi connectivity index (χ0n) is 12.9. The predicted octanol–water partition coefficient (Wildman–Crippen LogP) is 2.93. The molecule has 0 aromatic heterocycles. The first kappa shape index (κ1) is 16.4. The fraction of sp³-hybridized carbons (Fsp3) is 0.588. The maximum absolute atomic E-state index is 11.9. The molecule has 0 spiro atoms. The molecule has 0 radical (unpaired) electrons. The van der Waals surface area contributed by atoms with E-state index >= 15 is 0 Å². The van der Waals surface area contributed by atoms with Crippen LogP contribution < -0.4 is 5.32 Å². The van der Waals surface area contributed by atoms with Crippen LogP contribution >= 0.6 is 11.8 Å². The lowest BCUT2D eigenvalue weighted by Crippen LogP contribution is -2.42. The first-order chi connectivity index (χ1) is 10.1. The van der Waals surface area contributed by atoms with Gasteiger partial charge in [-0.25, -0.2) is 0 Å². The maximum Gasteiger partial charge on any atom is 0.230 e. The summed E-state index contributed by atoms with van der Waals surface area (Å²) in [5.74, 6) is 0.392. The number of nitrogens with one attached hydrogen (secondary N) is 1. The molecule has 0 bridgehead atoms. The summed E-state index contributed by atoms with van der Waals surface area (Å²) in [5.41, 5.74) is 2.12. The first-order valence-electron chi connectivity index (χ1n) is 7.80. The lowest BCUT2D eigenvalue weighted by Gasteiger charge is -2.25. The van der Waals surface area contributed by atoms with E-state index in [2.05, 4.69) is 23.5 Å². The van der Waals surface area contributed by atoms with Crippen molar-refractivity contribution in [3.05, 3.63) is 29.3 Å². The van der Waals surface area contributed by atoms with E-state index in [0.717, 1.165) is 11.3 Å². The number of hydrogen-bond donors (Lipinski definition) is 2. The van der Waals surface area contributed by atoms with Crippen molar-refractivity contribution in [1.29, 1.82) is 0 Å². The van der Waals surface area contributed by atoms with Gasteiger partial charge in [0.15, 0.2) is 0 Å². The zero-order valence-corrected chi connectivity index (χ0v) is 13.8. The summed E-state index contributed by atoms with van der Waals surface area (Å²) in [5, 5.41) is 13.0. The topological polar surface area (TPSA) is 49.3 Å². The highest BCUT2D eigenvalue weighted by atomic mass is 32.2. The van der Waals surface area contributed by atoms with Crippen molar-refractivity contribution in [2.24, 2.45) is 0 Å². The Labute approximate surface area is 131 Å². The van der Waals surface area contributed by atoms with Crippen LogP contribution in [-0.4, -0.2) is 28.9 Å². The summed E-state index contributed by atoms with van der Waals surface area (Å²) in [6, 6.07) is 6.51. The standard InChI is InChI=1S/C17H25NO2S/c1-3-17(20,4-2)12-18-16(19)11-21-15-9-8-13-6-5-7-14(13)10-15/h8-10,20H,3-7,11-12H2,1-2H3,(H,18,19). The van der Waals surface area contributed by atoms with Crippen molar-refractivity contribution in [3.8, 4) is 0 Å². The fourth-order valence-corrected chi connectivity index (χ4v) is 3.39. The molecule has 21 heavy (non-hydrogen) atoms. The van der Waals surface area contributed by atoms with E-state index in [1.807, 2.05) is 13.8 Å². The lowest BCUT2D eigenvalue weighted by molar-refractivity contribution is -0.119. The Bertz CT molecular complexity index is 498. The first-order valence-corrected chi connectivity index (χ1v) is 8.78. The van der Waals surface area contributed by atoms with Crippen LogP contribution in [0.1, 0.15) is 44.2 Å². The Morgan fingerprint density at radius 3 is 2.71 bits per heavy atom. The monoisotopic (exact) mass is 307 g/mol. The van der Waals surface area contributed by atoms with E-state index in [-0.39, 0.29) is 5.91 Å². The highest BCUT2D eigenvalue weighted by Gasteiger charge is 2.22. The number of hydrogen-bond acceptors (Lipinski definition) is 3. The maximum atomic E-state index is 11.9. The van der Waals surface area contributed by atoms with Gasteiger partial charge < -0.3 is 10.4 Å². The van der Waals surface area contributed by atoms with Crippen molar-refractivity contribution < 1.29 is 9.90 Å². The number of amides is 1. The Balaban J connectivity index is 1.79. The van der Waals surface area contributed by atoms with Crippen LogP contribution in [0.4, 0.5) is 0 Å². The van der Waals surface area contributed by atoms with Crippen molar-refractivity contribution >= 4 is 17.7 Å². The van der Waals surface area contributed by atoms with Crippen LogP contribution in [0.25, 0.3) is 0 Å². The number of thioether (sulfide) groups is 1. The van der Waals surface area contributed by atoms with Crippen LogP contribution in [-0.2, 0) is 17.6 Å². The predicted molar refractivity (Wildman–Crippen MR) is 87.7 cm³/mol. The summed E-state index contributed by atoms with van der Waals surface area (Å²) >= 11 is 1.57. The van der Waals surface area contributed by atoms with E-state index in [1.165, 1.54) is 24.0 Å². The third-order valence-corrected chi connectivity index (χ3v) is 5.36. The average Bonchev–Trinajstić information content (AvgIpc) is 2.98. The minimum Gasteiger partial charge on any atom is -0.388 e. The van der Waals surface area contributed by atoms with Gasteiger partial charge in [0.05, 0.1) is 11.4 Å². The number of rotatable bonds is 7. The number of carbonyl (C=O) groups excluding carboxylic acids is 1. The van der Waals surface area contributed by atoms with E-state index in [0.29, 0.717) is 25.1 Å². The van der Waals surface area contributed by atoms with Crippen LogP contribution in [0, 0.1) is 0 Å². The van der Waals surface area contributed by atoms with Crippen LogP contribution in [0.15, 0.2) is 23.1 Å². The molecule has 1 aromatic rings. The summed E-state index contributed by atoms with van der Waals surface area (Å²) < 4.78 is 0. The Morgan fingerprint density at radius 1 is 1.29 bits per heavy atom. The summed E-state index contributed by atoms with van der Waals surface area (Å²) in [7, 11) is 0. The Morgan fingerprint density at radius 2 is 2.00 bits per heavy atom. The Kier molecular flexibility index (Phi) is 5.71. The van der Waals surface area contributed by atoms with Gasteiger partial charge in [-0.05, 0) is 55.4 Å². The van der Waals surface area contributed by atoms with E-state index in [4.69, 9.17) is 0 Å². The minimum absolute atomic E-state index is 0.0131. The van der Waals surface area contributed by atoms with Crippen molar-refractivity contribution in [1.82, 2.24) is 5.32 Å². The molecule has 0 saturated carbocycles. The van der Waals surface area contributed by atoms with Gasteiger partial charge in [0.25, 0.3) is 0 Å². The Hall–Kier alpha value is -1.00. The second kappa shape index (κ2) is 7.32. The third-order valence-electron chi connectivity index (χ3n) is 4.37. The molecule has 0 heterocycles. The van der Waals surface area contributed by atoms with Gasteiger partial charge in [0, 0.05) is 11.4 Å². The highest BCUT2D eigenvalue weighted by Crippen LogP contribution is 2.27. The van der Waals surface area contributed by atoms with Gasteiger partial charge in [-0.15, -0.1) is 11.8 Å². The fourth-order valence-electron chi connectivity index (χ4n) is 2.60. The quantitative estimate of drug-likeness (QED) is 0.762. The number of benzene rings is 1. The molecule has 0 unspecified atom stereocenters. The molecule has 1 aromatic carbocycles. The average molecular weight is 307 g/mol. The molecule has 2 N–H and O–H groups in total. The van der Waals surface area contributed by atoms with Gasteiger partial charge in [-0.3, -0.25) is 4.79 Å². The van der Waals surface area contributed by atoms with E-state index in [9.17, 15) is 9.90 Å². The summed E-state index contributed by atoms with van der Waals surface area (Å²) in [6.07, 6.45) is 4.91. The minimum atomic E-state index is -0.770. The molecule has 116 valence electrons. The van der Waals surface area contributed by atoms with Crippen molar-refractivity contribution in [2.45, 2.75) is 56.4 Å². The smallest absolute Gasteiger partial charge is 0.230 e. The number of fused-ring (bicyclic) bond motifs is 1. The number of aryl methyl sites for hydroxylation is 2. The van der Waals surface area contributed by atoms with Gasteiger partial charge in [0.2, 0.25) is 5.91 Å². The van der Waals surface area contributed by atoms with Crippen LogP contribution in [0.3, 0.4) is 0 Å². The number of aliphatic hydroxyl groups is 1. The highest BCUT2D eigenvalue weighted by molar-refractivity contribution is 8.00. The van der Waals surface area contributed by atoms with E-state index < -0.39 is 5.60 Å². The summed E-state index contributed by atoms with van der Waals surface area (Å²) in [4.78, 5) is 13.0. The third kappa shape index (κ3) is 4.48. The van der Waals surface area contributed by atoms with Gasteiger partial charge in [-0.1, -0.05) is 19.9 Å². The molecule has 0 aliphatic heterocycles.